The molecular formula is C24H16ClNO4S. The van der Waals surface area contributed by atoms with Gasteiger partial charge in [0.15, 0.2) is 11.5 Å². The van der Waals surface area contributed by atoms with Crippen molar-refractivity contribution in [1.82, 2.24) is 0 Å². The SMILES string of the molecule is O=C1C(Sc2ccc(Cl)cc2)=C(c2ccccc2)C(=O)N1c1ccc2c(c1)OCCO2. The highest BCUT2D eigenvalue weighted by Crippen LogP contribution is 2.43. The number of benzene rings is 3. The number of rotatable bonds is 4. The molecule has 2 heterocycles. The smallest absolute Gasteiger partial charge is 0.272 e. The second-order valence-electron chi connectivity index (χ2n) is 6.90. The maximum absolute atomic E-state index is 13.5. The molecule has 0 saturated carbocycles. The van der Waals surface area contributed by atoms with Crippen LogP contribution in [0.3, 0.4) is 0 Å². The van der Waals surface area contributed by atoms with E-state index in [4.69, 9.17) is 21.1 Å². The van der Waals surface area contributed by atoms with Gasteiger partial charge >= 0.3 is 0 Å². The number of anilines is 1. The summed E-state index contributed by atoms with van der Waals surface area (Å²) in [5.41, 5.74) is 1.51. The van der Waals surface area contributed by atoms with E-state index in [1.54, 1.807) is 30.3 Å². The lowest BCUT2D eigenvalue weighted by Gasteiger charge is -2.21. The average molecular weight is 450 g/mol. The molecule has 0 aliphatic carbocycles. The molecule has 7 heteroatoms. The summed E-state index contributed by atoms with van der Waals surface area (Å²) in [6.45, 7) is 0.888. The van der Waals surface area contributed by atoms with Crippen molar-refractivity contribution in [1.29, 1.82) is 0 Å². The molecule has 2 amide bonds. The first-order valence-electron chi connectivity index (χ1n) is 9.63. The van der Waals surface area contributed by atoms with E-state index >= 15 is 0 Å². The fourth-order valence-electron chi connectivity index (χ4n) is 3.49. The number of carbonyl (C=O) groups is 2. The van der Waals surface area contributed by atoms with Gasteiger partial charge in [-0.05, 0) is 42.0 Å². The zero-order valence-electron chi connectivity index (χ0n) is 16.2. The Morgan fingerprint density at radius 2 is 1.52 bits per heavy atom. The van der Waals surface area contributed by atoms with Crippen LogP contribution in [-0.4, -0.2) is 25.0 Å². The lowest BCUT2D eigenvalue weighted by molar-refractivity contribution is -0.119. The molecule has 0 saturated heterocycles. The van der Waals surface area contributed by atoms with Gasteiger partial charge in [0.25, 0.3) is 11.8 Å². The van der Waals surface area contributed by atoms with Gasteiger partial charge in [0.2, 0.25) is 0 Å². The molecule has 5 rings (SSSR count). The van der Waals surface area contributed by atoms with E-state index in [2.05, 4.69) is 0 Å². The van der Waals surface area contributed by atoms with Gasteiger partial charge in [-0.3, -0.25) is 9.59 Å². The number of imide groups is 1. The summed E-state index contributed by atoms with van der Waals surface area (Å²) in [7, 11) is 0. The van der Waals surface area contributed by atoms with Gasteiger partial charge in [-0.25, -0.2) is 4.90 Å². The largest absolute Gasteiger partial charge is 0.486 e. The van der Waals surface area contributed by atoms with Crippen LogP contribution < -0.4 is 14.4 Å². The van der Waals surface area contributed by atoms with Crippen molar-refractivity contribution in [3.63, 3.8) is 0 Å². The highest BCUT2D eigenvalue weighted by Gasteiger charge is 2.40. The van der Waals surface area contributed by atoms with Crippen LogP contribution in [0.15, 0.2) is 82.6 Å². The van der Waals surface area contributed by atoms with Gasteiger partial charge in [0.05, 0.1) is 16.2 Å². The number of fused-ring (bicyclic) bond motifs is 1. The molecule has 5 nitrogen and oxygen atoms in total. The summed E-state index contributed by atoms with van der Waals surface area (Å²) in [4.78, 5) is 29.3. The van der Waals surface area contributed by atoms with Crippen molar-refractivity contribution >= 4 is 46.4 Å². The molecule has 3 aromatic rings. The molecule has 0 atom stereocenters. The maximum Gasteiger partial charge on any atom is 0.272 e. The van der Waals surface area contributed by atoms with Crippen LogP contribution in [0.5, 0.6) is 11.5 Å². The van der Waals surface area contributed by atoms with Crippen LogP contribution in [-0.2, 0) is 9.59 Å². The third kappa shape index (κ3) is 3.69. The second kappa shape index (κ2) is 8.13. The number of thioether (sulfide) groups is 1. The van der Waals surface area contributed by atoms with Gasteiger partial charge in [0, 0.05) is 16.0 Å². The Labute approximate surface area is 188 Å². The van der Waals surface area contributed by atoms with Gasteiger partial charge in [-0.15, -0.1) is 0 Å². The Hall–Kier alpha value is -3.22. The molecule has 0 fully saturated rings. The van der Waals surface area contributed by atoms with Crippen LogP contribution in [0.4, 0.5) is 5.69 Å². The number of nitrogens with zero attached hydrogens (tertiary/aromatic N) is 1. The van der Waals surface area contributed by atoms with Gasteiger partial charge < -0.3 is 9.47 Å². The molecule has 0 aromatic heterocycles. The van der Waals surface area contributed by atoms with E-state index in [1.807, 2.05) is 42.5 Å². The summed E-state index contributed by atoms with van der Waals surface area (Å²) in [5, 5.41) is 0.605. The van der Waals surface area contributed by atoms with Crippen molar-refractivity contribution in [2.24, 2.45) is 0 Å². The summed E-state index contributed by atoms with van der Waals surface area (Å²) in [5.74, 6) is 0.371. The monoisotopic (exact) mass is 449 g/mol. The van der Waals surface area contributed by atoms with E-state index in [-0.39, 0.29) is 11.8 Å². The molecule has 0 radical (unpaired) electrons. The quantitative estimate of drug-likeness (QED) is 0.513. The van der Waals surface area contributed by atoms with E-state index in [0.29, 0.717) is 51.5 Å². The number of hydrogen-bond donors (Lipinski definition) is 0. The average Bonchev–Trinajstić information content (AvgIpc) is 3.04. The number of amides is 2. The first-order valence-corrected chi connectivity index (χ1v) is 10.8. The van der Waals surface area contributed by atoms with E-state index in [9.17, 15) is 9.59 Å². The number of carbonyl (C=O) groups excluding carboxylic acids is 2. The highest BCUT2D eigenvalue weighted by molar-refractivity contribution is 8.04. The first kappa shape index (κ1) is 19.7. The molecule has 0 unspecified atom stereocenters. The summed E-state index contributed by atoms with van der Waals surface area (Å²) < 4.78 is 11.2. The number of hydrogen-bond acceptors (Lipinski definition) is 5. The van der Waals surface area contributed by atoms with E-state index in [0.717, 1.165) is 4.90 Å². The zero-order valence-corrected chi connectivity index (χ0v) is 17.8. The van der Waals surface area contributed by atoms with Crippen molar-refractivity contribution in [2.75, 3.05) is 18.1 Å². The molecule has 0 spiro atoms. The van der Waals surface area contributed by atoms with Crippen molar-refractivity contribution in [2.45, 2.75) is 4.90 Å². The number of halogens is 1. The third-order valence-electron chi connectivity index (χ3n) is 4.92. The lowest BCUT2D eigenvalue weighted by atomic mass is 10.1. The molecule has 31 heavy (non-hydrogen) atoms. The van der Waals surface area contributed by atoms with Crippen LogP contribution in [0.2, 0.25) is 5.02 Å². The minimum absolute atomic E-state index is 0.369. The van der Waals surface area contributed by atoms with Crippen molar-refractivity contribution in [3.05, 3.63) is 88.3 Å². The van der Waals surface area contributed by atoms with Crippen LogP contribution in [0, 0.1) is 0 Å². The van der Waals surface area contributed by atoms with Gasteiger partial charge in [0.1, 0.15) is 13.2 Å². The van der Waals surface area contributed by atoms with Crippen LogP contribution in [0.25, 0.3) is 5.57 Å². The Bertz CT molecular complexity index is 1210. The van der Waals surface area contributed by atoms with E-state index in [1.165, 1.54) is 16.7 Å². The Morgan fingerprint density at radius 3 is 2.26 bits per heavy atom. The fraction of sp³-hybridized carbons (Fsp3) is 0.0833. The van der Waals surface area contributed by atoms with Crippen LogP contribution >= 0.6 is 23.4 Å². The summed E-state index contributed by atoms with van der Waals surface area (Å²) in [6, 6.07) is 21.5. The lowest BCUT2D eigenvalue weighted by Crippen LogP contribution is -2.31. The zero-order chi connectivity index (χ0) is 21.4. The minimum atomic E-state index is -0.375. The van der Waals surface area contributed by atoms with E-state index < -0.39 is 0 Å². The first-order chi connectivity index (χ1) is 15.1. The summed E-state index contributed by atoms with van der Waals surface area (Å²) >= 11 is 7.25. The molecular weight excluding hydrogens is 434 g/mol. The molecule has 2 aliphatic rings. The standard InChI is InChI=1S/C24H16ClNO4S/c25-16-6-9-18(10-7-16)31-22-21(15-4-2-1-3-5-15)23(27)26(24(22)28)17-8-11-19-20(14-17)30-13-12-29-19/h1-11,14H,12-13H2. The van der Waals surface area contributed by atoms with Crippen molar-refractivity contribution in [3.8, 4) is 11.5 Å². The molecule has 0 N–H and O–H groups in total. The minimum Gasteiger partial charge on any atom is -0.486 e. The number of ether oxygens (including phenoxy) is 2. The molecule has 154 valence electrons. The predicted molar refractivity (Wildman–Crippen MR) is 121 cm³/mol. The predicted octanol–water partition coefficient (Wildman–Crippen LogP) is 5.19. The van der Waals surface area contributed by atoms with Crippen LogP contribution in [0.1, 0.15) is 5.56 Å². The maximum atomic E-state index is 13.5. The van der Waals surface area contributed by atoms with Gasteiger partial charge in [-0.2, -0.15) is 0 Å². The van der Waals surface area contributed by atoms with Gasteiger partial charge in [-0.1, -0.05) is 53.7 Å². The fourth-order valence-corrected chi connectivity index (χ4v) is 4.61. The molecule has 3 aromatic carbocycles. The Morgan fingerprint density at radius 1 is 0.806 bits per heavy atom. The molecule has 2 aliphatic heterocycles. The molecule has 0 bridgehead atoms. The highest BCUT2D eigenvalue weighted by atomic mass is 35.5. The second-order valence-corrected chi connectivity index (χ2v) is 8.42. The topological polar surface area (TPSA) is 55.8 Å². The third-order valence-corrected chi connectivity index (χ3v) is 6.26. The Balaban J connectivity index is 1.57. The summed E-state index contributed by atoms with van der Waals surface area (Å²) in [6.07, 6.45) is 0. The normalized spacial score (nSPS) is 15.6. The van der Waals surface area contributed by atoms with Crippen molar-refractivity contribution < 1.29 is 19.1 Å². The Kier molecular flexibility index (Phi) is 5.18.